The molecule has 0 bridgehead atoms. The zero-order valence-corrected chi connectivity index (χ0v) is 22.7. The van der Waals surface area contributed by atoms with Gasteiger partial charge in [0, 0.05) is 18.8 Å². The Morgan fingerprint density at radius 2 is 1.74 bits per heavy atom. The number of aromatic hydroxyl groups is 1. The van der Waals surface area contributed by atoms with Crippen molar-refractivity contribution in [2.45, 2.75) is 55.9 Å². The molecule has 0 aliphatic rings. The van der Waals surface area contributed by atoms with E-state index in [4.69, 9.17) is 4.74 Å². The highest BCUT2D eigenvalue weighted by Crippen LogP contribution is 2.33. The Hall–Kier alpha value is -3.98. The SMILES string of the molecule is CCCCc1nc(=O)c(S(=O)(=O)c2ccc(-c3ccncc3C)cc2)c(O)n1C(C)c1ccc(OC)cc1. The van der Waals surface area contributed by atoms with Crippen LogP contribution in [-0.4, -0.2) is 35.2 Å². The van der Waals surface area contributed by atoms with E-state index in [1.165, 1.54) is 16.7 Å². The third kappa shape index (κ3) is 5.19. The van der Waals surface area contributed by atoms with Crippen LogP contribution in [0, 0.1) is 6.92 Å². The third-order valence-corrected chi connectivity index (χ3v) is 8.43. The van der Waals surface area contributed by atoms with Gasteiger partial charge in [-0.05, 0) is 72.9 Å². The fraction of sp³-hybridized carbons (Fsp3) is 0.276. The topological polar surface area (TPSA) is 111 Å². The van der Waals surface area contributed by atoms with E-state index in [0.717, 1.165) is 35.1 Å². The van der Waals surface area contributed by atoms with Crippen molar-refractivity contribution >= 4 is 9.84 Å². The van der Waals surface area contributed by atoms with E-state index in [2.05, 4.69) is 9.97 Å². The molecule has 38 heavy (non-hydrogen) atoms. The van der Waals surface area contributed by atoms with Crippen molar-refractivity contribution in [3.63, 3.8) is 0 Å². The predicted molar refractivity (Wildman–Crippen MR) is 145 cm³/mol. The molecule has 0 amide bonds. The van der Waals surface area contributed by atoms with Crippen molar-refractivity contribution in [2.24, 2.45) is 0 Å². The van der Waals surface area contributed by atoms with Crippen molar-refractivity contribution in [1.82, 2.24) is 14.5 Å². The zero-order valence-electron chi connectivity index (χ0n) is 21.9. The average Bonchev–Trinajstić information content (AvgIpc) is 2.91. The van der Waals surface area contributed by atoms with E-state index in [1.807, 2.05) is 39.0 Å². The number of aryl methyl sites for hydroxylation is 2. The molecule has 0 aliphatic carbocycles. The molecule has 2 aromatic heterocycles. The molecule has 1 atom stereocenters. The van der Waals surface area contributed by atoms with E-state index in [1.54, 1.807) is 43.8 Å². The Morgan fingerprint density at radius 3 is 2.34 bits per heavy atom. The molecule has 4 rings (SSSR count). The van der Waals surface area contributed by atoms with Gasteiger partial charge < -0.3 is 9.84 Å². The number of hydrogen-bond donors (Lipinski definition) is 1. The minimum atomic E-state index is -4.37. The van der Waals surface area contributed by atoms with Gasteiger partial charge in [-0.25, -0.2) is 8.42 Å². The highest BCUT2D eigenvalue weighted by Gasteiger charge is 2.31. The normalized spacial score (nSPS) is 12.3. The van der Waals surface area contributed by atoms with Gasteiger partial charge in [-0.3, -0.25) is 14.3 Å². The Bertz CT molecular complexity index is 1600. The molecule has 0 spiro atoms. The fourth-order valence-electron chi connectivity index (χ4n) is 4.46. The molecule has 2 aromatic carbocycles. The van der Waals surface area contributed by atoms with Crippen molar-refractivity contribution in [2.75, 3.05) is 7.11 Å². The maximum absolute atomic E-state index is 13.7. The molecule has 0 aliphatic heterocycles. The summed E-state index contributed by atoms with van der Waals surface area (Å²) in [5.74, 6) is 0.386. The van der Waals surface area contributed by atoms with Crippen LogP contribution in [-0.2, 0) is 16.3 Å². The monoisotopic (exact) mass is 533 g/mol. The van der Waals surface area contributed by atoms with Crippen LogP contribution in [0.4, 0.5) is 0 Å². The van der Waals surface area contributed by atoms with Crippen molar-refractivity contribution in [3.05, 3.63) is 94.3 Å². The number of benzene rings is 2. The van der Waals surface area contributed by atoms with Crippen LogP contribution in [0.3, 0.4) is 0 Å². The van der Waals surface area contributed by atoms with Gasteiger partial charge in [0.05, 0.1) is 18.0 Å². The van der Waals surface area contributed by atoms with Crippen LogP contribution >= 0.6 is 0 Å². The molecule has 4 aromatic rings. The van der Waals surface area contributed by atoms with E-state index < -0.39 is 32.2 Å². The quantitative estimate of drug-likeness (QED) is 0.318. The molecule has 0 saturated heterocycles. The van der Waals surface area contributed by atoms with Gasteiger partial charge in [-0.15, -0.1) is 0 Å². The molecule has 0 fully saturated rings. The zero-order chi connectivity index (χ0) is 27.4. The molecule has 198 valence electrons. The molecular formula is C29H31N3O5S. The Morgan fingerprint density at radius 1 is 1.05 bits per heavy atom. The fourth-order valence-corrected chi connectivity index (χ4v) is 5.81. The summed E-state index contributed by atoms with van der Waals surface area (Å²) in [6, 6.07) is 14.8. The highest BCUT2D eigenvalue weighted by molar-refractivity contribution is 7.91. The first-order valence-electron chi connectivity index (χ1n) is 12.4. The number of ether oxygens (including phenoxy) is 1. The Kier molecular flexibility index (Phi) is 7.97. The van der Waals surface area contributed by atoms with Gasteiger partial charge >= 0.3 is 0 Å². The van der Waals surface area contributed by atoms with Crippen LogP contribution in [0.25, 0.3) is 11.1 Å². The number of aromatic nitrogens is 3. The van der Waals surface area contributed by atoms with Crippen LogP contribution in [0.5, 0.6) is 11.6 Å². The maximum atomic E-state index is 13.7. The minimum Gasteiger partial charge on any atom is -0.497 e. The number of nitrogens with zero attached hydrogens (tertiary/aromatic N) is 3. The molecule has 9 heteroatoms. The summed E-state index contributed by atoms with van der Waals surface area (Å²) < 4.78 is 34.0. The first kappa shape index (κ1) is 27.1. The number of methoxy groups -OCH3 is 1. The number of hydrogen-bond acceptors (Lipinski definition) is 7. The molecular weight excluding hydrogens is 502 g/mol. The summed E-state index contributed by atoms with van der Waals surface area (Å²) in [4.78, 5) is 20.5. The molecule has 1 N–H and O–H groups in total. The van der Waals surface area contributed by atoms with Crippen molar-refractivity contribution < 1.29 is 18.3 Å². The summed E-state index contributed by atoms with van der Waals surface area (Å²) >= 11 is 0. The van der Waals surface area contributed by atoms with Gasteiger partial charge in [-0.2, -0.15) is 4.98 Å². The molecule has 1 unspecified atom stereocenters. The number of rotatable bonds is 9. The highest BCUT2D eigenvalue weighted by atomic mass is 32.2. The second-order valence-electron chi connectivity index (χ2n) is 9.13. The van der Waals surface area contributed by atoms with E-state index in [9.17, 15) is 18.3 Å². The van der Waals surface area contributed by atoms with Crippen LogP contribution in [0.1, 0.15) is 49.7 Å². The second-order valence-corrected chi connectivity index (χ2v) is 11.0. The van der Waals surface area contributed by atoms with Gasteiger partial charge in [-0.1, -0.05) is 37.6 Å². The number of unbranched alkanes of at least 4 members (excludes halogenated alkanes) is 1. The molecule has 2 heterocycles. The Balaban J connectivity index is 1.83. The lowest BCUT2D eigenvalue weighted by molar-refractivity contribution is 0.368. The van der Waals surface area contributed by atoms with Crippen LogP contribution in [0.15, 0.2) is 81.6 Å². The summed E-state index contributed by atoms with van der Waals surface area (Å²) in [5.41, 5.74) is 2.50. The first-order valence-corrected chi connectivity index (χ1v) is 13.9. The molecule has 0 radical (unpaired) electrons. The number of pyridine rings is 1. The molecule has 8 nitrogen and oxygen atoms in total. The summed E-state index contributed by atoms with van der Waals surface area (Å²) in [6.45, 7) is 5.75. The lowest BCUT2D eigenvalue weighted by atomic mass is 10.0. The van der Waals surface area contributed by atoms with Gasteiger partial charge in [0.25, 0.3) is 5.56 Å². The summed E-state index contributed by atoms with van der Waals surface area (Å²) in [6.07, 6.45) is 5.39. The minimum absolute atomic E-state index is 0.105. The maximum Gasteiger partial charge on any atom is 0.296 e. The van der Waals surface area contributed by atoms with Crippen LogP contribution < -0.4 is 10.3 Å². The third-order valence-electron chi connectivity index (χ3n) is 6.64. The smallest absolute Gasteiger partial charge is 0.296 e. The second kappa shape index (κ2) is 11.2. The lowest BCUT2D eigenvalue weighted by Crippen LogP contribution is -2.27. The van der Waals surface area contributed by atoms with Crippen molar-refractivity contribution in [3.8, 4) is 22.8 Å². The van der Waals surface area contributed by atoms with E-state index >= 15 is 0 Å². The average molecular weight is 534 g/mol. The van der Waals surface area contributed by atoms with E-state index in [0.29, 0.717) is 18.0 Å². The lowest BCUT2D eigenvalue weighted by Gasteiger charge is -2.23. The Labute approximate surface area is 222 Å². The van der Waals surface area contributed by atoms with Gasteiger partial charge in [0.1, 0.15) is 11.6 Å². The number of sulfone groups is 1. The first-order chi connectivity index (χ1) is 18.2. The van der Waals surface area contributed by atoms with Crippen LogP contribution in [0.2, 0.25) is 0 Å². The largest absolute Gasteiger partial charge is 0.497 e. The predicted octanol–water partition coefficient (Wildman–Crippen LogP) is 5.11. The molecule has 0 saturated carbocycles. The summed E-state index contributed by atoms with van der Waals surface area (Å²) in [7, 11) is -2.80. The van der Waals surface area contributed by atoms with Gasteiger partial charge in [0.2, 0.25) is 15.7 Å². The van der Waals surface area contributed by atoms with Crippen molar-refractivity contribution in [1.29, 1.82) is 0 Å². The van der Waals surface area contributed by atoms with Gasteiger partial charge in [0.15, 0.2) is 4.90 Å². The summed E-state index contributed by atoms with van der Waals surface area (Å²) in [5, 5.41) is 11.4. The standard InChI is InChI=1S/C29H31N3O5S/c1-5-6-7-26-31-28(33)27(29(34)32(26)20(3)21-8-12-23(37-4)13-9-21)38(35,36)24-14-10-22(11-15-24)25-16-17-30-18-19(25)2/h8-18,20,34H,5-7H2,1-4H3. The van der Waals surface area contributed by atoms with E-state index in [-0.39, 0.29) is 4.90 Å².